The van der Waals surface area contributed by atoms with E-state index in [1.807, 2.05) is 30.3 Å². The number of aliphatic imine (C=N–C) groups is 1. The summed E-state index contributed by atoms with van der Waals surface area (Å²) in [6.45, 7) is 10.7. The fraction of sp³-hybridized carbons (Fsp3) is 0.581. The predicted octanol–water partition coefficient (Wildman–Crippen LogP) is 4.58. The molecule has 1 aromatic carbocycles. The number of carbonyl (C=O) groups is 3. The van der Waals surface area contributed by atoms with E-state index in [-0.39, 0.29) is 41.8 Å². The largest absolute Gasteiger partial charge is 0.444 e. The van der Waals surface area contributed by atoms with Crippen molar-refractivity contribution in [3.05, 3.63) is 53.4 Å². The fourth-order valence-corrected chi connectivity index (χ4v) is 5.55. The minimum Gasteiger partial charge on any atom is -0.444 e. The van der Waals surface area contributed by atoms with Gasteiger partial charge in [0.15, 0.2) is 5.76 Å². The molecule has 3 fully saturated rings. The van der Waals surface area contributed by atoms with Crippen molar-refractivity contribution >= 4 is 24.2 Å². The van der Waals surface area contributed by atoms with Crippen LogP contribution in [0.3, 0.4) is 0 Å². The molecule has 5 rings (SSSR count). The first-order chi connectivity index (χ1) is 21.1. The van der Waals surface area contributed by atoms with Crippen LogP contribution in [0.15, 0.2) is 45.9 Å². The molecule has 1 aromatic heterocycles. The van der Waals surface area contributed by atoms with Crippen LogP contribution in [0.5, 0.6) is 0 Å². The van der Waals surface area contributed by atoms with Gasteiger partial charge < -0.3 is 24.0 Å². The Morgan fingerprint density at radius 1 is 1.09 bits per heavy atom. The van der Waals surface area contributed by atoms with Crippen LogP contribution in [0.2, 0.25) is 0 Å². The number of carbonyl (C=O) groups excluding carboxylic acids is 3. The molecule has 3 N–H and O–H groups in total. The lowest BCUT2D eigenvalue weighted by Gasteiger charge is -2.35. The van der Waals surface area contributed by atoms with Crippen LogP contribution < -0.4 is 10.6 Å². The maximum Gasteiger partial charge on any atom is 0.414 e. The number of piperidine rings is 1. The van der Waals surface area contributed by atoms with E-state index >= 15 is 0 Å². The Morgan fingerprint density at radius 2 is 1.71 bits per heavy atom. The van der Waals surface area contributed by atoms with E-state index in [9.17, 15) is 19.5 Å². The highest BCUT2D eigenvalue weighted by Gasteiger charge is 2.63. The molecule has 2 aromatic rings. The van der Waals surface area contributed by atoms with Crippen molar-refractivity contribution in [2.75, 3.05) is 13.1 Å². The van der Waals surface area contributed by atoms with Gasteiger partial charge in [0.25, 0.3) is 0 Å². The Balaban J connectivity index is 1.26. The van der Waals surface area contributed by atoms with Gasteiger partial charge in [-0.15, -0.1) is 0 Å². The average molecular weight is 627 g/mol. The molecule has 3 atom stereocenters. The van der Waals surface area contributed by atoms with E-state index in [1.54, 1.807) is 52.5 Å². The molecule has 2 saturated heterocycles. The Morgan fingerprint density at radius 3 is 2.29 bits per heavy atom. The lowest BCUT2D eigenvalue weighted by molar-refractivity contribution is -0.153. The molecular formula is C31H42N6O8. The van der Waals surface area contributed by atoms with Gasteiger partial charge in [0.05, 0.1) is 18.6 Å². The molecule has 1 aliphatic carbocycles. The molecule has 1 spiro atoms. The molecule has 1 saturated carbocycles. The molecule has 45 heavy (non-hydrogen) atoms. The molecule has 4 amide bonds. The van der Waals surface area contributed by atoms with Gasteiger partial charge in [-0.1, -0.05) is 35.5 Å². The second-order valence-corrected chi connectivity index (χ2v) is 13.7. The fourth-order valence-electron chi connectivity index (χ4n) is 5.55. The molecular weight excluding hydrogens is 584 g/mol. The summed E-state index contributed by atoms with van der Waals surface area (Å²) in [5, 5.41) is 21.4. The zero-order valence-electron chi connectivity index (χ0n) is 26.5. The van der Waals surface area contributed by atoms with Crippen LogP contribution in [0.25, 0.3) is 0 Å². The highest BCUT2D eigenvalue weighted by Crippen LogP contribution is 2.61. The molecule has 14 heteroatoms. The highest BCUT2D eigenvalue weighted by molar-refractivity contribution is 6.01. The first-order valence-corrected chi connectivity index (χ1v) is 15.1. The van der Waals surface area contributed by atoms with Crippen molar-refractivity contribution in [1.29, 1.82) is 0 Å². The number of hydroxylamine groups is 2. The molecule has 244 valence electrons. The Kier molecular flexibility index (Phi) is 8.82. The number of fused-ring (bicyclic) bond motifs is 3. The van der Waals surface area contributed by atoms with Gasteiger partial charge in [-0.2, -0.15) is 5.06 Å². The summed E-state index contributed by atoms with van der Waals surface area (Å²) >= 11 is 0. The number of aromatic nitrogens is 1. The van der Waals surface area contributed by atoms with Crippen LogP contribution in [-0.2, 0) is 20.9 Å². The van der Waals surface area contributed by atoms with Gasteiger partial charge in [-0.3, -0.25) is 15.5 Å². The van der Waals surface area contributed by atoms with Crippen molar-refractivity contribution in [2.45, 2.75) is 96.8 Å². The number of aliphatic hydroxyl groups is 1. The van der Waals surface area contributed by atoms with E-state index in [1.165, 1.54) is 5.06 Å². The number of amides is 4. The van der Waals surface area contributed by atoms with Crippen LogP contribution >= 0.6 is 0 Å². The summed E-state index contributed by atoms with van der Waals surface area (Å²) in [4.78, 5) is 50.2. The van der Waals surface area contributed by atoms with E-state index in [4.69, 9.17) is 18.8 Å². The number of rotatable bonds is 7. The maximum atomic E-state index is 13.5. The summed E-state index contributed by atoms with van der Waals surface area (Å²) in [7, 11) is 0. The molecule has 2 aliphatic heterocycles. The SMILES string of the molecule is CC(C)(C)OC(=O)NC(=NC[C@H](O)c1cc([C@@H]2CC3(CC3)[C@H]3CN2C(=O)N3OCc2ccccc2)no1)NC(=O)OC(C)(C)C. The van der Waals surface area contributed by atoms with Crippen molar-refractivity contribution in [2.24, 2.45) is 10.4 Å². The first kappa shape index (κ1) is 32.2. The van der Waals surface area contributed by atoms with Crippen LogP contribution in [0, 0.1) is 5.41 Å². The van der Waals surface area contributed by atoms with Gasteiger partial charge in [0.2, 0.25) is 5.96 Å². The van der Waals surface area contributed by atoms with E-state index in [2.05, 4.69) is 20.8 Å². The zero-order valence-corrected chi connectivity index (χ0v) is 26.5. The lowest BCUT2D eigenvalue weighted by atomic mass is 9.84. The van der Waals surface area contributed by atoms with Crippen molar-refractivity contribution in [3.63, 3.8) is 0 Å². The third kappa shape index (κ3) is 7.92. The number of benzene rings is 1. The second kappa shape index (κ2) is 12.3. The minimum atomic E-state index is -1.27. The summed E-state index contributed by atoms with van der Waals surface area (Å²) in [6.07, 6.45) is -0.293. The van der Waals surface area contributed by atoms with Crippen LogP contribution in [-0.4, -0.2) is 74.7 Å². The number of nitrogens with zero attached hydrogens (tertiary/aromatic N) is 4. The normalized spacial score (nSPS) is 20.9. The monoisotopic (exact) mass is 626 g/mol. The predicted molar refractivity (Wildman–Crippen MR) is 160 cm³/mol. The number of aliphatic hydroxyl groups excluding tert-OH is 1. The molecule has 2 bridgehead atoms. The number of ether oxygens (including phenoxy) is 2. The van der Waals surface area contributed by atoms with Crippen molar-refractivity contribution < 1.29 is 38.3 Å². The number of hydrogen-bond donors (Lipinski definition) is 3. The lowest BCUT2D eigenvalue weighted by Crippen LogP contribution is -2.47. The number of alkyl carbamates (subject to hydrolysis) is 2. The van der Waals surface area contributed by atoms with E-state index in [0.717, 1.165) is 18.4 Å². The minimum absolute atomic E-state index is 0.0374. The van der Waals surface area contributed by atoms with Crippen LogP contribution in [0.1, 0.15) is 90.0 Å². The molecule has 3 aliphatic rings. The molecule has 0 radical (unpaired) electrons. The zero-order chi connectivity index (χ0) is 32.6. The van der Waals surface area contributed by atoms with Crippen molar-refractivity contribution in [3.8, 4) is 0 Å². The molecule has 0 unspecified atom stereocenters. The van der Waals surface area contributed by atoms with Gasteiger partial charge in [-0.05, 0) is 71.8 Å². The number of urea groups is 1. The maximum absolute atomic E-state index is 13.5. The Hall–Kier alpha value is -4.17. The standard InChI is InChI=1S/C31H42N6O8/c1-29(2,3)43-26(39)33-25(34-27(40)44-30(4,5)6)32-16-22(38)23-14-20(35-45-23)21-15-31(12-13-31)24-17-36(21)28(41)37(24)42-18-19-10-8-7-9-11-19/h7-11,14,21-22,24,38H,12-13,15-18H2,1-6H3,(H2,32,33,34,39,40)/t21-,22-,24+/m0/s1. The average Bonchev–Trinajstić information content (AvgIpc) is 3.40. The highest BCUT2D eigenvalue weighted by atomic mass is 16.7. The van der Waals surface area contributed by atoms with Gasteiger partial charge in [-0.25, -0.2) is 19.4 Å². The number of guanidine groups is 1. The Bertz CT molecular complexity index is 1390. The van der Waals surface area contributed by atoms with E-state index < -0.39 is 29.5 Å². The third-order valence-corrected chi connectivity index (χ3v) is 7.75. The van der Waals surface area contributed by atoms with Crippen LogP contribution in [0.4, 0.5) is 14.4 Å². The second-order valence-electron chi connectivity index (χ2n) is 13.7. The van der Waals surface area contributed by atoms with Crippen molar-refractivity contribution in [1.82, 2.24) is 25.8 Å². The quantitative estimate of drug-likeness (QED) is 0.294. The summed E-state index contributed by atoms with van der Waals surface area (Å²) in [6, 6.07) is 10.7. The van der Waals surface area contributed by atoms with Gasteiger partial charge in [0.1, 0.15) is 29.6 Å². The smallest absolute Gasteiger partial charge is 0.414 e. The van der Waals surface area contributed by atoms with Gasteiger partial charge >= 0.3 is 18.2 Å². The van der Waals surface area contributed by atoms with E-state index in [0.29, 0.717) is 25.3 Å². The number of nitrogens with one attached hydrogen (secondary N) is 2. The number of hydrogen-bond acceptors (Lipinski definition) is 10. The summed E-state index contributed by atoms with van der Waals surface area (Å²) < 4.78 is 16.0. The molecule has 3 heterocycles. The first-order valence-electron chi connectivity index (χ1n) is 15.1. The third-order valence-electron chi connectivity index (χ3n) is 7.75. The molecule has 14 nitrogen and oxygen atoms in total. The topological polar surface area (TPSA) is 168 Å². The summed E-state index contributed by atoms with van der Waals surface area (Å²) in [5.41, 5.74) is -0.142. The summed E-state index contributed by atoms with van der Waals surface area (Å²) in [5.74, 6) is -0.150. The van der Waals surface area contributed by atoms with Gasteiger partial charge in [0, 0.05) is 12.6 Å². The Labute approximate surface area is 262 Å².